The van der Waals surface area contributed by atoms with Crippen molar-refractivity contribution in [3.05, 3.63) is 42.0 Å². The molecule has 2 aromatic rings. The van der Waals surface area contributed by atoms with E-state index in [2.05, 4.69) is 63.4 Å². The van der Waals surface area contributed by atoms with Gasteiger partial charge in [0, 0.05) is 10.6 Å². The molecule has 1 nitrogen and oxygen atoms in total. The third kappa shape index (κ3) is 2.65. The summed E-state index contributed by atoms with van der Waals surface area (Å²) in [6, 6.07) is 13.3. The van der Waals surface area contributed by atoms with E-state index in [1.165, 1.54) is 21.2 Å². The van der Waals surface area contributed by atoms with Crippen molar-refractivity contribution < 1.29 is 4.18 Å². The Labute approximate surface area is 118 Å². The molecule has 104 valence electrons. The number of rotatable bonds is 5. The Kier molecular flexibility index (Phi) is 4.54. The lowest BCUT2D eigenvalue weighted by molar-refractivity contribution is 0.384. The fraction of sp³-hybridized carbons (Fsp3) is 0.412. The topological polar surface area (TPSA) is 9.23 Å². The number of benzene rings is 2. The minimum atomic E-state index is -1.16. The van der Waals surface area contributed by atoms with E-state index in [1.54, 1.807) is 0 Å². The lowest BCUT2D eigenvalue weighted by Crippen LogP contribution is -2.07. The lowest BCUT2D eigenvalue weighted by Gasteiger charge is -2.35. The van der Waals surface area contributed by atoms with Crippen LogP contribution < -0.4 is 0 Å². The number of hydrogen-bond donors (Lipinski definition) is 0. The van der Waals surface area contributed by atoms with E-state index >= 15 is 0 Å². The van der Waals surface area contributed by atoms with Crippen LogP contribution in [0.4, 0.5) is 0 Å². The van der Waals surface area contributed by atoms with Gasteiger partial charge in [-0.15, -0.1) is 10.3 Å². The zero-order chi connectivity index (χ0) is 13.9. The van der Waals surface area contributed by atoms with E-state index in [0.29, 0.717) is 0 Å². The van der Waals surface area contributed by atoms with E-state index in [4.69, 9.17) is 4.18 Å². The van der Waals surface area contributed by atoms with Crippen LogP contribution in [0.5, 0.6) is 0 Å². The molecule has 2 aromatic carbocycles. The molecular formula is C17H24OS. The molecule has 1 atom stereocenters. The molecule has 0 saturated carbocycles. The maximum absolute atomic E-state index is 6.13. The summed E-state index contributed by atoms with van der Waals surface area (Å²) in [5, 5.41) is 2.75. The van der Waals surface area contributed by atoms with Gasteiger partial charge in [0.15, 0.2) is 0 Å². The smallest absolute Gasteiger partial charge is 0.0568 e. The highest BCUT2D eigenvalue weighted by atomic mass is 32.3. The summed E-state index contributed by atoms with van der Waals surface area (Å²) in [4.78, 5) is 1.39. The molecule has 1 unspecified atom stereocenters. The highest BCUT2D eigenvalue weighted by molar-refractivity contribution is 8.29. The first kappa shape index (κ1) is 14.4. The molecule has 0 amide bonds. The van der Waals surface area contributed by atoms with Crippen LogP contribution in [0.1, 0.15) is 26.3 Å². The summed E-state index contributed by atoms with van der Waals surface area (Å²) in [6.07, 6.45) is 3.36. The lowest BCUT2D eigenvalue weighted by atomic mass is 10.0. The summed E-state index contributed by atoms with van der Waals surface area (Å²) < 4.78 is 6.13. The standard InChI is InChI=1S/C17H24OS/c1-5-14-12-13-17(19(4,7-3)18-6-2)16-11-9-8-10-15(14)16/h8-13H,5-7H2,1-4H3. The zero-order valence-corrected chi connectivity index (χ0v) is 13.2. The van der Waals surface area contributed by atoms with Crippen LogP contribution in [0, 0.1) is 0 Å². The van der Waals surface area contributed by atoms with Gasteiger partial charge in [-0.1, -0.05) is 44.2 Å². The van der Waals surface area contributed by atoms with Gasteiger partial charge in [0.1, 0.15) is 0 Å². The Bertz CT molecular complexity index is 564. The molecular weight excluding hydrogens is 252 g/mol. The molecule has 0 saturated heterocycles. The minimum Gasteiger partial charge on any atom is -0.333 e. The van der Waals surface area contributed by atoms with Crippen molar-refractivity contribution in [2.45, 2.75) is 32.1 Å². The average molecular weight is 276 g/mol. The van der Waals surface area contributed by atoms with Gasteiger partial charge >= 0.3 is 0 Å². The van der Waals surface area contributed by atoms with Gasteiger partial charge in [-0.2, -0.15) is 0 Å². The average Bonchev–Trinajstić information content (AvgIpc) is 2.46. The molecule has 0 spiro atoms. The van der Waals surface area contributed by atoms with Crippen LogP contribution >= 0.6 is 10.3 Å². The number of hydrogen-bond acceptors (Lipinski definition) is 1. The quantitative estimate of drug-likeness (QED) is 0.732. The monoisotopic (exact) mass is 276 g/mol. The Hall–Kier alpha value is -0.990. The van der Waals surface area contributed by atoms with Crippen molar-refractivity contribution in [1.82, 2.24) is 0 Å². The molecule has 0 heterocycles. The molecule has 0 aliphatic heterocycles. The number of aryl methyl sites for hydroxylation is 1. The van der Waals surface area contributed by atoms with Gasteiger partial charge in [-0.3, -0.25) is 0 Å². The van der Waals surface area contributed by atoms with Crippen molar-refractivity contribution in [3.8, 4) is 0 Å². The second-order valence-electron chi connectivity index (χ2n) is 4.82. The Morgan fingerprint density at radius 1 is 0.947 bits per heavy atom. The molecule has 0 N–H and O–H groups in total. The Balaban J connectivity index is 2.68. The fourth-order valence-corrected chi connectivity index (χ4v) is 4.71. The van der Waals surface area contributed by atoms with Crippen LogP contribution in [0.15, 0.2) is 41.3 Å². The fourth-order valence-electron chi connectivity index (χ4n) is 2.58. The summed E-state index contributed by atoms with van der Waals surface area (Å²) >= 11 is 0. The zero-order valence-electron chi connectivity index (χ0n) is 12.4. The van der Waals surface area contributed by atoms with Gasteiger partial charge in [-0.05, 0) is 42.0 Å². The summed E-state index contributed by atoms with van der Waals surface area (Å²) in [6.45, 7) is 7.32. The summed E-state index contributed by atoms with van der Waals surface area (Å²) in [5.41, 5.74) is 1.42. The molecule has 0 aliphatic carbocycles. The maximum Gasteiger partial charge on any atom is 0.0568 e. The first-order valence-corrected chi connectivity index (χ1v) is 9.20. The second-order valence-corrected chi connectivity index (χ2v) is 8.09. The normalized spacial score (nSPS) is 16.2. The van der Waals surface area contributed by atoms with Crippen LogP contribution in [0.3, 0.4) is 0 Å². The third-order valence-electron chi connectivity index (χ3n) is 3.75. The summed E-state index contributed by atoms with van der Waals surface area (Å²) in [7, 11) is -1.16. The van der Waals surface area contributed by atoms with Gasteiger partial charge < -0.3 is 4.18 Å². The SMILES string of the molecule is CCOS(C)(CC)c1ccc(CC)c2ccccc12. The van der Waals surface area contributed by atoms with E-state index in [0.717, 1.165) is 18.8 Å². The van der Waals surface area contributed by atoms with Crippen molar-refractivity contribution in [2.75, 3.05) is 18.6 Å². The van der Waals surface area contributed by atoms with E-state index in [1.807, 2.05) is 0 Å². The van der Waals surface area contributed by atoms with E-state index in [-0.39, 0.29) is 0 Å². The second kappa shape index (κ2) is 5.98. The highest BCUT2D eigenvalue weighted by Crippen LogP contribution is 2.55. The molecule has 0 radical (unpaired) electrons. The Morgan fingerprint density at radius 3 is 2.21 bits per heavy atom. The maximum atomic E-state index is 6.13. The molecule has 19 heavy (non-hydrogen) atoms. The first-order chi connectivity index (χ1) is 9.16. The van der Waals surface area contributed by atoms with Crippen LogP contribution in [-0.2, 0) is 10.6 Å². The first-order valence-electron chi connectivity index (χ1n) is 7.07. The number of fused-ring (bicyclic) bond motifs is 1. The van der Waals surface area contributed by atoms with Crippen molar-refractivity contribution >= 4 is 21.1 Å². The third-order valence-corrected chi connectivity index (χ3v) is 6.89. The van der Waals surface area contributed by atoms with Crippen molar-refractivity contribution in [1.29, 1.82) is 0 Å². The largest absolute Gasteiger partial charge is 0.333 e. The van der Waals surface area contributed by atoms with E-state index in [9.17, 15) is 0 Å². The van der Waals surface area contributed by atoms with Crippen molar-refractivity contribution in [2.24, 2.45) is 0 Å². The van der Waals surface area contributed by atoms with Gasteiger partial charge in [0.05, 0.1) is 6.61 Å². The molecule has 0 bridgehead atoms. The van der Waals surface area contributed by atoms with Crippen LogP contribution in [-0.4, -0.2) is 18.6 Å². The van der Waals surface area contributed by atoms with E-state index < -0.39 is 10.3 Å². The molecule has 0 aromatic heterocycles. The predicted octanol–water partition coefficient (Wildman–Crippen LogP) is 5.17. The van der Waals surface area contributed by atoms with Crippen LogP contribution in [0.25, 0.3) is 10.8 Å². The van der Waals surface area contributed by atoms with Gasteiger partial charge in [0.25, 0.3) is 0 Å². The minimum absolute atomic E-state index is 0.781. The Morgan fingerprint density at radius 2 is 1.63 bits per heavy atom. The van der Waals surface area contributed by atoms with Gasteiger partial charge in [-0.25, -0.2) is 0 Å². The highest BCUT2D eigenvalue weighted by Gasteiger charge is 2.21. The molecule has 2 heteroatoms. The van der Waals surface area contributed by atoms with Gasteiger partial charge in [0.2, 0.25) is 0 Å². The van der Waals surface area contributed by atoms with Crippen LogP contribution in [0.2, 0.25) is 0 Å². The summed E-state index contributed by atoms with van der Waals surface area (Å²) in [5.74, 6) is 1.07. The van der Waals surface area contributed by atoms with Crippen molar-refractivity contribution in [3.63, 3.8) is 0 Å². The molecule has 0 aliphatic rings. The molecule has 2 rings (SSSR count). The molecule has 0 fully saturated rings. The predicted molar refractivity (Wildman–Crippen MR) is 87.3 cm³/mol.